The molecule has 0 aliphatic rings. The third-order valence-electron chi connectivity index (χ3n) is 2.92. The molecule has 1 aromatic carbocycles. The van der Waals surface area contributed by atoms with E-state index < -0.39 is 0 Å². The number of hydrogen-bond donors (Lipinski definition) is 1. The minimum absolute atomic E-state index is 0.353. The van der Waals surface area contributed by atoms with Gasteiger partial charge in [0.05, 0.1) is 12.7 Å². The summed E-state index contributed by atoms with van der Waals surface area (Å²) in [5.74, 6) is 0.897. The van der Waals surface area contributed by atoms with Crippen molar-refractivity contribution in [3.63, 3.8) is 0 Å². The summed E-state index contributed by atoms with van der Waals surface area (Å²) in [6.45, 7) is 4.97. The van der Waals surface area contributed by atoms with E-state index in [0.717, 1.165) is 30.8 Å². The van der Waals surface area contributed by atoms with Crippen molar-refractivity contribution in [3.8, 4) is 5.75 Å². The lowest BCUT2D eigenvalue weighted by atomic mass is 10.1. The highest BCUT2D eigenvalue weighted by Gasteiger charge is 2.04. The van der Waals surface area contributed by atoms with E-state index >= 15 is 0 Å². The highest BCUT2D eigenvalue weighted by molar-refractivity contribution is 5.28. The molecule has 96 valence electrons. The number of hydrogen-bond acceptors (Lipinski definition) is 2. The Morgan fingerprint density at radius 2 is 1.76 bits per heavy atom. The summed E-state index contributed by atoms with van der Waals surface area (Å²) in [6, 6.07) is 7.76. The first-order chi connectivity index (χ1) is 8.27. The Balaban J connectivity index is 2.30. The fourth-order valence-corrected chi connectivity index (χ4v) is 1.74. The quantitative estimate of drug-likeness (QED) is 0.689. The van der Waals surface area contributed by atoms with Gasteiger partial charge < -0.3 is 9.84 Å². The van der Waals surface area contributed by atoms with Crippen molar-refractivity contribution >= 4 is 0 Å². The van der Waals surface area contributed by atoms with Crippen LogP contribution in [0.5, 0.6) is 5.75 Å². The molecule has 2 nitrogen and oxygen atoms in total. The van der Waals surface area contributed by atoms with Gasteiger partial charge in [-0.05, 0) is 30.5 Å². The molecule has 0 aliphatic carbocycles. The summed E-state index contributed by atoms with van der Waals surface area (Å²) in [6.07, 6.45) is 5.29. The molecule has 0 amide bonds. The molecule has 1 rings (SSSR count). The average molecular weight is 236 g/mol. The van der Waals surface area contributed by atoms with Gasteiger partial charge in [0, 0.05) is 0 Å². The van der Waals surface area contributed by atoms with E-state index in [1.54, 1.807) is 0 Å². The highest BCUT2D eigenvalue weighted by Crippen LogP contribution is 2.19. The van der Waals surface area contributed by atoms with Gasteiger partial charge in [0.25, 0.3) is 0 Å². The Morgan fingerprint density at radius 3 is 2.35 bits per heavy atom. The number of benzene rings is 1. The highest BCUT2D eigenvalue weighted by atomic mass is 16.5. The summed E-state index contributed by atoms with van der Waals surface area (Å²) in [5.41, 5.74) is 0.964. The largest absolute Gasteiger partial charge is 0.494 e. The molecule has 0 heterocycles. The van der Waals surface area contributed by atoms with Gasteiger partial charge in [0.15, 0.2) is 0 Å². The predicted octanol–water partition coefficient (Wildman–Crippen LogP) is 4.09. The molecule has 17 heavy (non-hydrogen) atoms. The van der Waals surface area contributed by atoms with E-state index in [0.29, 0.717) is 0 Å². The number of aliphatic hydroxyl groups excluding tert-OH is 1. The lowest BCUT2D eigenvalue weighted by Crippen LogP contribution is -1.98. The topological polar surface area (TPSA) is 29.5 Å². The monoisotopic (exact) mass is 236 g/mol. The fourth-order valence-electron chi connectivity index (χ4n) is 1.74. The maximum Gasteiger partial charge on any atom is 0.119 e. The molecule has 0 spiro atoms. The van der Waals surface area contributed by atoms with Crippen LogP contribution in [0.4, 0.5) is 0 Å². The molecule has 0 radical (unpaired) electrons. The van der Waals surface area contributed by atoms with Crippen molar-refractivity contribution in [1.29, 1.82) is 0 Å². The van der Waals surface area contributed by atoms with Gasteiger partial charge in [-0.25, -0.2) is 0 Å². The Kier molecular flexibility index (Phi) is 6.71. The Morgan fingerprint density at radius 1 is 1.06 bits per heavy atom. The van der Waals surface area contributed by atoms with Crippen molar-refractivity contribution in [2.45, 2.75) is 52.1 Å². The zero-order valence-corrected chi connectivity index (χ0v) is 11.0. The lowest BCUT2D eigenvalue weighted by molar-refractivity contribution is 0.173. The Bertz CT molecular complexity index is 292. The molecular formula is C15H24O2. The molecule has 1 aromatic rings. The maximum atomic E-state index is 9.65. The van der Waals surface area contributed by atoms with Gasteiger partial charge in [-0.15, -0.1) is 0 Å². The van der Waals surface area contributed by atoms with Crippen LogP contribution in [0.3, 0.4) is 0 Å². The van der Waals surface area contributed by atoms with Crippen LogP contribution < -0.4 is 4.74 Å². The second-order valence-electron chi connectivity index (χ2n) is 4.40. The minimum Gasteiger partial charge on any atom is -0.494 e. The van der Waals surface area contributed by atoms with Gasteiger partial charge in [-0.1, -0.05) is 45.2 Å². The molecule has 0 aliphatic heterocycles. The number of rotatable bonds is 8. The summed E-state index contributed by atoms with van der Waals surface area (Å²) in [4.78, 5) is 0. The second kappa shape index (κ2) is 8.13. The third-order valence-corrected chi connectivity index (χ3v) is 2.92. The first kappa shape index (κ1) is 14.0. The molecule has 0 saturated heterocycles. The van der Waals surface area contributed by atoms with Gasteiger partial charge >= 0.3 is 0 Å². The van der Waals surface area contributed by atoms with Crippen LogP contribution in [0.1, 0.15) is 57.6 Å². The molecule has 0 aromatic heterocycles. The van der Waals surface area contributed by atoms with E-state index in [1.165, 1.54) is 19.3 Å². The maximum absolute atomic E-state index is 9.65. The van der Waals surface area contributed by atoms with Crippen molar-refractivity contribution in [1.82, 2.24) is 0 Å². The Labute approximate surface area is 105 Å². The van der Waals surface area contributed by atoms with Gasteiger partial charge in [-0.3, -0.25) is 0 Å². The van der Waals surface area contributed by atoms with E-state index in [2.05, 4.69) is 6.92 Å². The summed E-state index contributed by atoms with van der Waals surface area (Å²) < 4.78 is 5.64. The van der Waals surface area contributed by atoms with Gasteiger partial charge in [0.1, 0.15) is 5.75 Å². The number of unbranched alkanes of at least 4 members (excludes halogenated alkanes) is 3. The zero-order chi connectivity index (χ0) is 12.5. The van der Waals surface area contributed by atoms with Gasteiger partial charge in [-0.2, -0.15) is 0 Å². The van der Waals surface area contributed by atoms with Crippen LogP contribution in [0.25, 0.3) is 0 Å². The van der Waals surface area contributed by atoms with E-state index in [1.807, 2.05) is 31.2 Å². The average Bonchev–Trinajstić information content (AvgIpc) is 2.38. The predicted molar refractivity (Wildman–Crippen MR) is 71.3 cm³/mol. The van der Waals surface area contributed by atoms with Crippen LogP contribution in [0, 0.1) is 0 Å². The Hall–Kier alpha value is -1.02. The van der Waals surface area contributed by atoms with Gasteiger partial charge in [0.2, 0.25) is 0 Å². The third kappa shape index (κ3) is 5.22. The molecule has 1 unspecified atom stereocenters. The summed E-state index contributed by atoms with van der Waals surface area (Å²) >= 11 is 0. The first-order valence-electron chi connectivity index (χ1n) is 6.68. The fraction of sp³-hybridized carbons (Fsp3) is 0.600. The first-order valence-corrected chi connectivity index (χ1v) is 6.68. The SMILES string of the molecule is CCCCCCOc1ccc(C(O)CC)cc1. The molecule has 1 N–H and O–H groups in total. The molecule has 0 saturated carbocycles. The normalized spacial score (nSPS) is 12.4. The van der Waals surface area contributed by atoms with Crippen LogP contribution in [-0.2, 0) is 0 Å². The minimum atomic E-state index is -0.353. The smallest absolute Gasteiger partial charge is 0.119 e. The van der Waals surface area contributed by atoms with Crippen molar-refractivity contribution < 1.29 is 9.84 Å². The van der Waals surface area contributed by atoms with Crippen LogP contribution >= 0.6 is 0 Å². The lowest BCUT2D eigenvalue weighted by Gasteiger charge is -2.10. The molecular weight excluding hydrogens is 212 g/mol. The number of aliphatic hydroxyl groups is 1. The zero-order valence-electron chi connectivity index (χ0n) is 11.0. The molecule has 0 fully saturated rings. The van der Waals surface area contributed by atoms with Crippen molar-refractivity contribution in [2.75, 3.05) is 6.61 Å². The second-order valence-corrected chi connectivity index (χ2v) is 4.40. The molecule has 0 bridgehead atoms. The van der Waals surface area contributed by atoms with Crippen molar-refractivity contribution in [3.05, 3.63) is 29.8 Å². The number of ether oxygens (including phenoxy) is 1. The molecule has 2 heteroatoms. The van der Waals surface area contributed by atoms with E-state index in [9.17, 15) is 5.11 Å². The van der Waals surface area contributed by atoms with Crippen LogP contribution in [0.2, 0.25) is 0 Å². The molecule has 1 atom stereocenters. The van der Waals surface area contributed by atoms with E-state index in [4.69, 9.17) is 4.74 Å². The van der Waals surface area contributed by atoms with Crippen LogP contribution in [0.15, 0.2) is 24.3 Å². The summed E-state index contributed by atoms with van der Waals surface area (Å²) in [7, 11) is 0. The standard InChI is InChI=1S/C15H24O2/c1-3-5-6-7-12-17-14-10-8-13(9-11-14)15(16)4-2/h8-11,15-16H,3-7,12H2,1-2H3. The van der Waals surface area contributed by atoms with Crippen molar-refractivity contribution in [2.24, 2.45) is 0 Å². The van der Waals surface area contributed by atoms with E-state index in [-0.39, 0.29) is 6.10 Å². The summed E-state index contributed by atoms with van der Waals surface area (Å²) in [5, 5.41) is 9.65. The van der Waals surface area contributed by atoms with Crippen LogP contribution in [-0.4, -0.2) is 11.7 Å².